The molecule has 0 saturated carbocycles. The van der Waals surface area contributed by atoms with Crippen LogP contribution in [0.5, 0.6) is 5.75 Å². The maximum Gasteiger partial charge on any atom is 0.249 e. The van der Waals surface area contributed by atoms with Crippen LogP contribution in [0.1, 0.15) is 50.0 Å². The van der Waals surface area contributed by atoms with Gasteiger partial charge >= 0.3 is 0 Å². The monoisotopic (exact) mass is 779 g/mol. The highest BCUT2D eigenvalue weighted by Crippen LogP contribution is 2.38. The van der Waals surface area contributed by atoms with Crippen LogP contribution >= 0.6 is 11.3 Å². The molecule has 2 atom stereocenters. The van der Waals surface area contributed by atoms with Crippen molar-refractivity contribution in [2.75, 3.05) is 66.7 Å². The van der Waals surface area contributed by atoms with Crippen molar-refractivity contribution >= 4 is 45.5 Å². The van der Waals surface area contributed by atoms with Gasteiger partial charge in [-0.1, -0.05) is 11.3 Å². The Balaban J connectivity index is 0.828. The summed E-state index contributed by atoms with van der Waals surface area (Å²) in [4.78, 5) is 42.8. The second-order valence-corrected chi connectivity index (χ2v) is 15.7. The Bertz CT molecular complexity index is 2160. The molecule has 2 aromatic carbocycles. The number of ether oxygens (including phenoxy) is 1. The van der Waals surface area contributed by atoms with Crippen molar-refractivity contribution in [2.24, 2.45) is 5.92 Å². The zero-order valence-electron chi connectivity index (χ0n) is 31.5. The van der Waals surface area contributed by atoms with Crippen molar-refractivity contribution in [1.82, 2.24) is 35.2 Å². The molecule has 1 unspecified atom stereocenters. The number of imide groups is 1. The van der Waals surface area contributed by atoms with E-state index < -0.39 is 6.10 Å². The van der Waals surface area contributed by atoms with Gasteiger partial charge in [0.15, 0.2) is 16.7 Å². The summed E-state index contributed by atoms with van der Waals surface area (Å²) >= 11 is 1.65. The zero-order valence-corrected chi connectivity index (χ0v) is 32.3. The molecule has 0 radical (unpaired) electrons. The van der Waals surface area contributed by atoms with E-state index in [0.29, 0.717) is 35.8 Å². The number of hydrogen-bond acceptors (Lipinski definition) is 13. The number of piperazine rings is 1. The highest BCUT2D eigenvalue weighted by Gasteiger charge is 2.28. The van der Waals surface area contributed by atoms with E-state index in [2.05, 4.69) is 52.6 Å². The van der Waals surface area contributed by atoms with Crippen LogP contribution in [0.15, 0.2) is 67.1 Å². The van der Waals surface area contributed by atoms with Crippen molar-refractivity contribution in [1.29, 1.82) is 0 Å². The van der Waals surface area contributed by atoms with E-state index in [4.69, 9.17) is 15.5 Å². The molecule has 3 aliphatic heterocycles. The Kier molecular flexibility index (Phi) is 10.8. The summed E-state index contributed by atoms with van der Waals surface area (Å²) < 4.78 is 20.7. The number of aryl methyl sites for hydroxylation is 1. The summed E-state index contributed by atoms with van der Waals surface area (Å²) in [5, 5.41) is 15.1. The number of anilines is 4. The van der Waals surface area contributed by atoms with E-state index in [0.717, 1.165) is 85.6 Å². The summed E-state index contributed by atoms with van der Waals surface area (Å²) in [5.41, 5.74) is 11.3. The van der Waals surface area contributed by atoms with Gasteiger partial charge in [0.2, 0.25) is 11.8 Å². The van der Waals surface area contributed by atoms with Gasteiger partial charge in [0.25, 0.3) is 0 Å². The number of aromatic nitrogens is 5. The lowest BCUT2D eigenvalue weighted by atomic mass is 9.95. The quantitative estimate of drug-likeness (QED) is 0.151. The van der Waals surface area contributed by atoms with Gasteiger partial charge < -0.3 is 25.6 Å². The van der Waals surface area contributed by atoms with Gasteiger partial charge in [-0.2, -0.15) is 15.0 Å². The average Bonchev–Trinajstić information content (AvgIpc) is 3.88. The molecule has 0 aliphatic carbocycles. The Morgan fingerprint density at radius 2 is 1.73 bits per heavy atom. The zero-order chi connectivity index (χ0) is 38.8. The Morgan fingerprint density at radius 3 is 2.46 bits per heavy atom. The van der Waals surface area contributed by atoms with E-state index in [-0.39, 0.29) is 29.5 Å². The first-order valence-corrected chi connectivity index (χ1v) is 20.0. The number of hydrogen-bond donors (Lipinski definition) is 3. The molecule has 4 N–H and O–H groups in total. The van der Waals surface area contributed by atoms with Crippen molar-refractivity contribution in [2.45, 2.75) is 51.7 Å². The summed E-state index contributed by atoms with van der Waals surface area (Å²) in [6, 6.07) is 14.2. The predicted molar refractivity (Wildman–Crippen MR) is 215 cm³/mol. The number of amides is 2. The van der Waals surface area contributed by atoms with Crippen molar-refractivity contribution in [3.8, 4) is 21.9 Å². The highest BCUT2D eigenvalue weighted by atomic mass is 32.1. The van der Waals surface area contributed by atoms with Crippen molar-refractivity contribution in [3.63, 3.8) is 0 Å². The van der Waals surface area contributed by atoms with Crippen molar-refractivity contribution < 1.29 is 18.7 Å². The molecular weight excluding hydrogens is 734 g/mol. The first-order chi connectivity index (χ1) is 27.2. The molecule has 0 spiro atoms. The Hall–Kier alpha value is -5.61. The number of carbonyl (C=O) groups is 2. The van der Waals surface area contributed by atoms with E-state index in [9.17, 15) is 14.0 Å². The molecule has 6 heterocycles. The number of rotatable bonds is 11. The lowest BCUT2D eigenvalue weighted by molar-refractivity contribution is -0.133. The smallest absolute Gasteiger partial charge is 0.249 e. The van der Waals surface area contributed by atoms with Crippen LogP contribution in [-0.4, -0.2) is 93.5 Å². The number of piperidine rings is 2. The van der Waals surface area contributed by atoms with Gasteiger partial charge in [-0.3, -0.25) is 19.8 Å². The molecule has 3 saturated heterocycles. The molecular formula is C40H46FN11O3S. The Labute approximate surface area is 328 Å². The second kappa shape index (κ2) is 16.2. The summed E-state index contributed by atoms with van der Waals surface area (Å²) in [5.74, 6) is 0.461. The highest BCUT2D eigenvalue weighted by molar-refractivity contribution is 7.19. The molecule has 3 fully saturated rings. The number of nitrogens with one attached hydrogen (secondary N) is 2. The number of thiazole rings is 1. The van der Waals surface area contributed by atoms with Gasteiger partial charge in [-0.15, -0.1) is 0 Å². The third kappa shape index (κ3) is 8.31. The largest absolute Gasteiger partial charge is 0.482 e. The Morgan fingerprint density at radius 1 is 0.982 bits per heavy atom. The molecule has 292 valence electrons. The second-order valence-electron chi connectivity index (χ2n) is 14.7. The number of pyridine rings is 1. The molecule has 5 aromatic rings. The maximum atomic E-state index is 14.3. The van der Waals surface area contributed by atoms with Gasteiger partial charge in [0.1, 0.15) is 18.0 Å². The van der Waals surface area contributed by atoms with Crippen LogP contribution in [-0.2, 0) is 9.59 Å². The van der Waals surface area contributed by atoms with Gasteiger partial charge in [0, 0.05) is 80.9 Å². The topological polar surface area (TPSA) is 160 Å². The number of halogens is 1. The molecule has 56 heavy (non-hydrogen) atoms. The summed E-state index contributed by atoms with van der Waals surface area (Å²) in [6.07, 6.45) is 7.48. The normalized spacial score (nSPS) is 18.9. The fraction of sp³-hybridized carbons (Fsp3) is 0.400. The van der Waals surface area contributed by atoms with Crippen molar-refractivity contribution in [3.05, 3.63) is 84.2 Å². The maximum absolute atomic E-state index is 14.3. The number of nitrogens with two attached hydrogens (primary N) is 1. The number of nitrogens with zero attached hydrogens (tertiary/aromatic N) is 8. The lowest BCUT2D eigenvalue weighted by Gasteiger charge is -2.39. The fourth-order valence-electron chi connectivity index (χ4n) is 7.75. The number of nitrogen functional groups attached to an aromatic ring is 1. The number of carbonyl (C=O) groups excluding carboxylic acids is 2. The van der Waals surface area contributed by atoms with Gasteiger partial charge in [-0.05, 0) is 87.6 Å². The molecule has 3 aliphatic rings. The van der Waals surface area contributed by atoms with E-state index in [1.807, 2.05) is 32.0 Å². The molecule has 14 nitrogen and oxygen atoms in total. The minimum Gasteiger partial charge on any atom is -0.482 e. The SMILES string of the molecule is Cc1nc(N2CCN(CC3CCN(c4ccc(NC5CCC(=O)NC5=O)cc4)CC3)CC2)sc1-c1cnc(N)c(O[C@@H](C)c2cc(F)ccc2-n2nccn2)c1. The van der Waals surface area contributed by atoms with E-state index in [1.165, 1.54) is 22.6 Å². The van der Waals surface area contributed by atoms with Crippen LogP contribution < -0.4 is 30.9 Å². The van der Waals surface area contributed by atoms with Crippen LogP contribution in [0, 0.1) is 18.7 Å². The number of benzene rings is 2. The molecule has 0 bridgehead atoms. The molecule has 3 aromatic heterocycles. The molecule has 16 heteroatoms. The van der Waals surface area contributed by atoms with Gasteiger partial charge in [0.05, 0.1) is 28.7 Å². The summed E-state index contributed by atoms with van der Waals surface area (Å²) in [7, 11) is 0. The predicted octanol–water partition coefficient (Wildman–Crippen LogP) is 5.21. The first kappa shape index (κ1) is 37.3. The third-order valence-corrected chi connectivity index (χ3v) is 12.1. The first-order valence-electron chi connectivity index (χ1n) is 19.2. The molecule has 2 amide bonds. The standard InChI is InChI=1S/C40H46FN11O3S/c1-25-37(28-21-35(38(42)43-23-28)55-26(2)32-22-29(41)3-9-34(32)52-44-13-14-45-52)56-40(46-25)51-19-17-49(18-20-51)24-27-11-15-50(16-12-27)31-6-4-30(5-7-31)47-33-8-10-36(53)48-39(33)54/h3-7,9,13-14,21-23,26-27,33,47H,8,10-12,15-20,24H2,1-2H3,(H2,42,43)(H,48,53,54)/t26-,33?/m0/s1. The van der Waals surface area contributed by atoms with Crippen LogP contribution in [0.4, 0.5) is 26.7 Å². The van der Waals surface area contributed by atoms with E-state index in [1.54, 1.807) is 36.0 Å². The van der Waals surface area contributed by atoms with Crippen LogP contribution in [0.3, 0.4) is 0 Å². The minimum atomic E-state index is -0.567. The average molecular weight is 780 g/mol. The third-order valence-electron chi connectivity index (χ3n) is 10.9. The van der Waals surface area contributed by atoms with Crippen LogP contribution in [0.2, 0.25) is 0 Å². The lowest BCUT2D eigenvalue weighted by Crippen LogP contribution is -2.49. The molecule has 8 rings (SSSR count). The minimum absolute atomic E-state index is 0.207. The van der Waals surface area contributed by atoms with E-state index >= 15 is 0 Å². The van der Waals surface area contributed by atoms with Crippen LogP contribution in [0.25, 0.3) is 16.1 Å². The van der Waals surface area contributed by atoms with Gasteiger partial charge in [-0.25, -0.2) is 14.4 Å². The fourth-order valence-corrected chi connectivity index (χ4v) is 8.85. The summed E-state index contributed by atoms with van der Waals surface area (Å²) in [6.45, 7) is 10.8.